The van der Waals surface area contributed by atoms with Crippen molar-refractivity contribution in [3.8, 4) is 11.5 Å². The van der Waals surface area contributed by atoms with Crippen molar-refractivity contribution in [3.63, 3.8) is 0 Å². The fourth-order valence-corrected chi connectivity index (χ4v) is 5.26. The molecule has 0 spiro atoms. The molecular formula is C26H33N3O6Si. The highest BCUT2D eigenvalue weighted by Crippen LogP contribution is 2.37. The van der Waals surface area contributed by atoms with Gasteiger partial charge in [-0.25, -0.2) is 9.78 Å². The van der Waals surface area contributed by atoms with Gasteiger partial charge in [0.15, 0.2) is 11.5 Å². The second kappa shape index (κ2) is 9.94. The number of fused-ring (bicyclic) bond motifs is 5. The SMILES string of the molecule is CCC(C(=O)O)n1c(=O)c2cc(OC)c(OC)cc2c2cnc3c(ccn3COCC[Si](C)(C)C)c21. The van der Waals surface area contributed by atoms with E-state index in [4.69, 9.17) is 19.2 Å². The van der Waals surface area contributed by atoms with E-state index in [9.17, 15) is 14.7 Å². The smallest absolute Gasteiger partial charge is 0.326 e. The van der Waals surface area contributed by atoms with Crippen molar-refractivity contribution in [3.05, 3.63) is 40.9 Å². The predicted octanol–water partition coefficient (Wildman–Crippen LogP) is 4.87. The largest absolute Gasteiger partial charge is 0.493 e. The highest BCUT2D eigenvalue weighted by molar-refractivity contribution is 6.76. The van der Waals surface area contributed by atoms with Crippen LogP contribution in [0.2, 0.25) is 25.7 Å². The Balaban J connectivity index is 1.99. The number of hydrogen-bond donors (Lipinski definition) is 1. The summed E-state index contributed by atoms with van der Waals surface area (Å²) in [6, 6.07) is 5.22. The van der Waals surface area contributed by atoms with Gasteiger partial charge in [-0.15, -0.1) is 0 Å². The summed E-state index contributed by atoms with van der Waals surface area (Å²) in [5, 5.41) is 12.3. The Kier molecular flexibility index (Phi) is 7.10. The van der Waals surface area contributed by atoms with Crippen molar-refractivity contribution in [2.75, 3.05) is 20.8 Å². The molecule has 1 unspecified atom stereocenters. The lowest BCUT2D eigenvalue weighted by Gasteiger charge is -2.20. The van der Waals surface area contributed by atoms with Gasteiger partial charge in [-0.2, -0.15) is 0 Å². The van der Waals surface area contributed by atoms with Crippen molar-refractivity contribution in [1.29, 1.82) is 0 Å². The summed E-state index contributed by atoms with van der Waals surface area (Å²) in [4.78, 5) is 30.8. The zero-order valence-electron chi connectivity index (χ0n) is 21.6. The number of hydrogen-bond acceptors (Lipinski definition) is 6. The molecule has 0 aliphatic heterocycles. The van der Waals surface area contributed by atoms with Crippen molar-refractivity contribution in [2.24, 2.45) is 0 Å². The van der Waals surface area contributed by atoms with Gasteiger partial charge in [-0.05, 0) is 30.7 Å². The quantitative estimate of drug-likeness (QED) is 0.184. The second-order valence-electron chi connectivity index (χ2n) is 10.1. The van der Waals surface area contributed by atoms with E-state index in [1.807, 2.05) is 16.8 Å². The van der Waals surface area contributed by atoms with E-state index in [0.717, 1.165) is 6.04 Å². The maximum Gasteiger partial charge on any atom is 0.326 e. The number of carbonyl (C=O) groups is 1. The fraction of sp³-hybridized carbons (Fsp3) is 0.423. The van der Waals surface area contributed by atoms with Crippen LogP contribution in [-0.2, 0) is 16.3 Å². The van der Waals surface area contributed by atoms with Gasteiger partial charge in [0.25, 0.3) is 5.56 Å². The molecule has 3 aromatic heterocycles. The number of methoxy groups -OCH3 is 2. The number of aromatic nitrogens is 3. The van der Waals surface area contributed by atoms with Gasteiger partial charge in [0.1, 0.15) is 18.4 Å². The van der Waals surface area contributed by atoms with Gasteiger partial charge in [-0.3, -0.25) is 9.36 Å². The molecule has 0 saturated carbocycles. The van der Waals surface area contributed by atoms with Crippen LogP contribution in [0.15, 0.2) is 35.4 Å². The van der Waals surface area contributed by atoms with E-state index in [1.165, 1.54) is 18.8 Å². The van der Waals surface area contributed by atoms with E-state index in [2.05, 4.69) is 19.6 Å². The first-order chi connectivity index (χ1) is 17.1. The molecule has 9 nitrogen and oxygen atoms in total. The zero-order valence-corrected chi connectivity index (χ0v) is 22.6. The van der Waals surface area contributed by atoms with Gasteiger partial charge >= 0.3 is 5.97 Å². The lowest BCUT2D eigenvalue weighted by atomic mass is 10.0. The Morgan fingerprint density at radius 2 is 1.75 bits per heavy atom. The van der Waals surface area contributed by atoms with E-state index in [0.29, 0.717) is 57.5 Å². The summed E-state index contributed by atoms with van der Waals surface area (Å²) >= 11 is 0. The van der Waals surface area contributed by atoms with E-state index in [-0.39, 0.29) is 6.42 Å². The molecule has 192 valence electrons. The predicted molar refractivity (Wildman–Crippen MR) is 143 cm³/mol. The van der Waals surface area contributed by atoms with Gasteiger partial charge < -0.3 is 23.9 Å². The minimum absolute atomic E-state index is 0.244. The number of nitrogens with zero attached hydrogens (tertiary/aromatic N) is 3. The molecule has 1 N–H and O–H groups in total. The van der Waals surface area contributed by atoms with Crippen molar-refractivity contribution in [2.45, 2.75) is 51.8 Å². The monoisotopic (exact) mass is 511 g/mol. The Hall–Kier alpha value is -3.37. The summed E-state index contributed by atoms with van der Waals surface area (Å²) in [6.07, 6.45) is 3.80. The first-order valence-electron chi connectivity index (χ1n) is 12.0. The molecule has 0 aliphatic rings. The highest BCUT2D eigenvalue weighted by Gasteiger charge is 2.26. The number of ether oxygens (including phenoxy) is 3. The Morgan fingerprint density at radius 3 is 2.33 bits per heavy atom. The molecule has 0 radical (unpaired) electrons. The van der Waals surface area contributed by atoms with Crippen molar-refractivity contribution >= 4 is 46.8 Å². The van der Waals surface area contributed by atoms with Crippen LogP contribution in [0.3, 0.4) is 0 Å². The number of carboxylic acids is 1. The number of carboxylic acid groups (broad SMARTS) is 1. The molecule has 1 atom stereocenters. The van der Waals surface area contributed by atoms with Crippen LogP contribution in [0.1, 0.15) is 19.4 Å². The Bertz CT molecular complexity index is 1500. The number of pyridine rings is 2. The fourth-order valence-electron chi connectivity index (χ4n) is 4.50. The molecule has 0 aliphatic carbocycles. The minimum atomic E-state index is -1.21. The van der Waals surface area contributed by atoms with Crippen LogP contribution < -0.4 is 15.0 Å². The number of benzene rings is 1. The number of aliphatic carboxylic acids is 1. The van der Waals surface area contributed by atoms with Crippen LogP contribution in [-0.4, -0.2) is 54.1 Å². The Labute approximate surface area is 210 Å². The molecule has 3 heterocycles. The van der Waals surface area contributed by atoms with Gasteiger partial charge in [-0.1, -0.05) is 26.6 Å². The molecule has 10 heteroatoms. The number of rotatable bonds is 10. The van der Waals surface area contributed by atoms with Gasteiger partial charge in [0.2, 0.25) is 0 Å². The molecule has 0 saturated heterocycles. The molecule has 0 amide bonds. The standard InChI is InChI=1S/C26H33N3O6Si/c1-7-20(26(31)32)29-23-16-8-9-28(15-35-10-11-36(4,5)6)24(16)27-14-19(23)17-12-21(33-2)22(34-3)13-18(17)25(29)30/h8-9,12-14,20H,7,10-11,15H2,1-6H3,(H,31,32). The van der Waals surface area contributed by atoms with Crippen LogP contribution in [0.25, 0.3) is 32.7 Å². The van der Waals surface area contributed by atoms with E-state index >= 15 is 0 Å². The van der Waals surface area contributed by atoms with Gasteiger partial charge in [0, 0.05) is 43.2 Å². The summed E-state index contributed by atoms with van der Waals surface area (Å²) < 4.78 is 20.1. The van der Waals surface area contributed by atoms with Crippen LogP contribution in [0.5, 0.6) is 11.5 Å². The van der Waals surface area contributed by atoms with Crippen LogP contribution in [0.4, 0.5) is 0 Å². The maximum absolute atomic E-state index is 13.8. The average Bonchev–Trinajstić information content (AvgIpc) is 3.25. The molecular weight excluding hydrogens is 478 g/mol. The molecule has 4 aromatic rings. The van der Waals surface area contributed by atoms with Crippen molar-refractivity contribution < 1.29 is 24.1 Å². The molecule has 0 bridgehead atoms. The van der Waals surface area contributed by atoms with Gasteiger partial charge in [0.05, 0.1) is 25.1 Å². The molecule has 36 heavy (non-hydrogen) atoms. The lowest BCUT2D eigenvalue weighted by molar-refractivity contribution is -0.140. The summed E-state index contributed by atoms with van der Waals surface area (Å²) in [5.41, 5.74) is 0.753. The van der Waals surface area contributed by atoms with E-state index in [1.54, 1.807) is 25.3 Å². The Morgan fingerprint density at radius 1 is 1.08 bits per heavy atom. The first kappa shape index (κ1) is 25.7. The normalized spacial score (nSPS) is 12.9. The van der Waals surface area contributed by atoms with Crippen LogP contribution in [0, 0.1) is 0 Å². The van der Waals surface area contributed by atoms with Crippen molar-refractivity contribution in [1.82, 2.24) is 14.1 Å². The highest BCUT2D eigenvalue weighted by atomic mass is 28.3. The summed E-state index contributed by atoms with van der Waals surface area (Å²) in [7, 11) is 1.81. The summed E-state index contributed by atoms with van der Waals surface area (Å²) in [6.45, 7) is 9.65. The lowest BCUT2D eigenvalue weighted by Crippen LogP contribution is -2.30. The topological polar surface area (TPSA) is 105 Å². The second-order valence-corrected chi connectivity index (χ2v) is 15.7. The zero-order chi connectivity index (χ0) is 26.2. The summed E-state index contributed by atoms with van der Waals surface area (Å²) in [5.74, 6) is -0.200. The van der Waals surface area contributed by atoms with E-state index < -0.39 is 25.6 Å². The average molecular weight is 512 g/mol. The third-order valence-electron chi connectivity index (χ3n) is 6.47. The molecule has 4 rings (SSSR count). The third-order valence-corrected chi connectivity index (χ3v) is 8.18. The third kappa shape index (κ3) is 4.58. The first-order valence-corrected chi connectivity index (χ1v) is 15.7. The van der Waals surface area contributed by atoms with Crippen LogP contribution >= 0.6 is 0 Å². The maximum atomic E-state index is 13.8. The minimum Gasteiger partial charge on any atom is -0.493 e. The molecule has 0 fully saturated rings. The molecule has 1 aromatic carbocycles.